The molecule has 1 aromatic heterocycles. The van der Waals surface area contributed by atoms with Crippen LogP contribution in [0, 0.1) is 5.92 Å². The Labute approximate surface area is 578 Å². The summed E-state index contributed by atoms with van der Waals surface area (Å²) in [5.41, 5.74) is 9.08. The quantitative estimate of drug-likeness (QED) is 0.0151. The number of anilines is 4. The number of urea groups is 1. The van der Waals surface area contributed by atoms with Gasteiger partial charge in [-0.1, -0.05) is 98.0 Å². The van der Waals surface area contributed by atoms with Gasteiger partial charge in [0.2, 0.25) is 17.7 Å². The van der Waals surface area contributed by atoms with Crippen molar-refractivity contribution in [1.29, 1.82) is 0 Å². The van der Waals surface area contributed by atoms with Crippen LogP contribution in [0.15, 0.2) is 183 Å². The molecule has 1 saturated heterocycles. The van der Waals surface area contributed by atoms with Crippen molar-refractivity contribution in [3.63, 3.8) is 0 Å². The molecule has 8 aromatic rings. The number of fused-ring (bicyclic) bond motifs is 4. The zero-order valence-corrected chi connectivity index (χ0v) is 56.2. The summed E-state index contributed by atoms with van der Waals surface area (Å²) in [5, 5.41) is 15.9. The first-order valence-electron chi connectivity index (χ1n) is 31.9. The van der Waals surface area contributed by atoms with E-state index in [1.54, 1.807) is 78.2 Å². The highest BCUT2D eigenvalue weighted by Gasteiger charge is 2.41. The molecule has 0 bridgehead atoms. The third kappa shape index (κ3) is 16.6. The number of amides is 10. The van der Waals surface area contributed by atoms with Crippen molar-refractivity contribution in [3.05, 3.63) is 190 Å². The zero-order chi connectivity index (χ0) is 69.0. The highest BCUT2D eigenvalue weighted by Crippen LogP contribution is 2.47. The number of H-pyrrole nitrogens is 1. The van der Waals surface area contributed by atoms with E-state index in [-0.39, 0.29) is 55.9 Å². The summed E-state index contributed by atoms with van der Waals surface area (Å²) in [7, 11) is 2.01. The number of halogens is 1. The molecule has 0 spiro atoms. The molecule has 1 unspecified atom stereocenters. The second-order valence-electron chi connectivity index (χ2n) is 23.9. The highest BCUT2D eigenvalue weighted by atomic mass is 35.5. The van der Waals surface area contributed by atoms with E-state index in [0.717, 1.165) is 44.1 Å². The summed E-state index contributed by atoms with van der Waals surface area (Å²) in [6.07, 6.45) is -0.153. The third-order valence-corrected chi connectivity index (χ3v) is 19.3. The minimum absolute atomic E-state index is 0.0154. The van der Waals surface area contributed by atoms with Crippen LogP contribution in [0.3, 0.4) is 0 Å². The van der Waals surface area contributed by atoms with Crippen molar-refractivity contribution < 1.29 is 57.4 Å². The van der Waals surface area contributed by atoms with Gasteiger partial charge in [-0.05, 0) is 134 Å². The molecule has 98 heavy (non-hydrogen) atoms. The first kappa shape index (κ1) is 69.2. The predicted molar refractivity (Wildman–Crippen MR) is 378 cm³/mol. The molecule has 23 nitrogen and oxygen atoms in total. The van der Waals surface area contributed by atoms with Gasteiger partial charge in [0.1, 0.15) is 42.5 Å². The smallest absolute Gasteiger partial charge is 0.415 e. The van der Waals surface area contributed by atoms with Gasteiger partial charge in [-0.15, -0.1) is 11.6 Å². The Morgan fingerprint density at radius 3 is 1.99 bits per heavy atom. The van der Waals surface area contributed by atoms with Crippen LogP contribution in [0.4, 0.5) is 32.3 Å². The second-order valence-corrected chi connectivity index (χ2v) is 26.4. The first-order chi connectivity index (χ1) is 47.4. The number of thioether (sulfide) groups is 2. The molecule has 0 aliphatic carbocycles. The van der Waals surface area contributed by atoms with E-state index in [1.807, 2.05) is 92.0 Å². The average Bonchev–Trinajstić information content (AvgIpc) is 1.58. The maximum atomic E-state index is 14.5. The van der Waals surface area contributed by atoms with Gasteiger partial charge in [0.25, 0.3) is 23.6 Å². The first-order valence-corrected chi connectivity index (χ1v) is 34.0. The molecular weight excluding hydrogens is 1310 g/mol. The van der Waals surface area contributed by atoms with E-state index in [4.69, 9.17) is 31.5 Å². The SMILES string of the molecule is CC(C)C(NC(=O)COCCOc1ccc(N2C(=O)C(Sc3ccccc3)=C(Sc3ccccc3)C2=O)cc1)C(=O)N[C@@H](CCCNC(N)=O)C(=O)Nc1ccc(C(=O)Nc2ccc3[nH]c(C(=O)N4C[C@@H](CCl)c5c4cc(OC(=O)N4CCN(C)CC4)c4ccccc54)cc3c2)cc1. The second kappa shape index (κ2) is 31.8. The fraction of sp³-hybridized carbons (Fsp3) is 0.264. The van der Waals surface area contributed by atoms with Gasteiger partial charge < -0.3 is 66.2 Å². The summed E-state index contributed by atoms with van der Waals surface area (Å²) in [4.78, 5) is 134. The molecule has 3 aliphatic rings. The van der Waals surface area contributed by atoms with Crippen LogP contribution < -0.4 is 51.6 Å². The number of carbonyl (C=O) groups excluding carboxylic acids is 9. The van der Waals surface area contributed by atoms with Crippen molar-refractivity contribution in [1.82, 2.24) is 30.7 Å². The van der Waals surface area contributed by atoms with Crippen LogP contribution in [0.1, 0.15) is 59.0 Å². The Morgan fingerprint density at radius 2 is 1.35 bits per heavy atom. The Morgan fingerprint density at radius 1 is 0.704 bits per heavy atom. The normalized spacial score (nSPS) is 15.3. The Kier molecular flexibility index (Phi) is 22.4. The maximum Gasteiger partial charge on any atom is 0.415 e. The number of piperazine rings is 1. The van der Waals surface area contributed by atoms with Crippen molar-refractivity contribution in [3.8, 4) is 11.5 Å². The number of nitrogens with two attached hydrogens (primary N) is 1. The van der Waals surface area contributed by atoms with Crippen LogP contribution >= 0.6 is 35.1 Å². The van der Waals surface area contributed by atoms with E-state index >= 15 is 0 Å². The van der Waals surface area contributed by atoms with Crippen LogP contribution in [0.25, 0.3) is 21.7 Å². The number of imide groups is 1. The van der Waals surface area contributed by atoms with Crippen LogP contribution in [0.2, 0.25) is 0 Å². The monoisotopic (exact) mass is 1380 g/mol. The molecule has 0 radical (unpaired) electrons. The third-order valence-electron chi connectivity index (χ3n) is 16.7. The molecule has 11 rings (SSSR count). The summed E-state index contributed by atoms with van der Waals surface area (Å²) >= 11 is 9.06. The number of ether oxygens (including phenoxy) is 3. The number of primary amides is 1. The molecule has 7 aromatic carbocycles. The molecule has 4 heterocycles. The van der Waals surface area contributed by atoms with Gasteiger partial charge in [-0.3, -0.25) is 33.6 Å². The number of likely N-dealkylation sites (N-methyl/N-ethyl adjacent to an activating group) is 1. The molecular formula is C72H72ClN11O12S2. The number of aromatic nitrogens is 1. The van der Waals surface area contributed by atoms with Crippen LogP contribution in [0.5, 0.6) is 11.5 Å². The zero-order valence-electron chi connectivity index (χ0n) is 53.8. The Hall–Kier alpha value is -10.2. The molecule has 506 valence electrons. The number of rotatable bonds is 26. The van der Waals surface area contributed by atoms with Gasteiger partial charge in [0.05, 0.1) is 27.8 Å². The molecule has 3 atom stereocenters. The lowest BCUT2D eigenvalue weighted by molar-refractivity contribution is -0.133. The topological polar surface area (TPSA) is 296 Å². The number of hydrogen-bond acceptors (Lipinski definition) is 15. The van der Waals surface area contributed by atoms with Crippen molar-refractivity contribution >= 4 is 133 Å². The molecule has 3 aliphatic heterocycles. The number of hydrogen-bond donors (Lipinski definition) is 7. The van der Waals surface area contributed by atoms with Gasteiger partial charge in [-0.2, -0.15) is 0 Å². The largest absolute Gasteiger partial charge is 0.491 e. The highest BCUT2D eigenvalue weighted by molar-refractivity contribution is 8.08. The van der Waals surface area contributed by atoms with E-state index < -0.39 is 72.2 Å². The molecule has 1 fully saturated rings. The number of aromatic amines is 1. The standard InChI is InChI=1S/C72H72ClN11O12S2/c1-43(2)62(80-60(85)42-94-35-36-95-50-27-25-49(26-28-50)84-69(90)63(97-51-13-6-4-7-14-51)64(70(84)91)98-52-15-8-5-9-16-52)67(88)79-56(19-12-30-75-71(74)92)66(87)76-47-22-20-44(21-23-47)65(86)77-48-24-29-55-45(37-48)38-57(78-55)68(89)83-41-46(40-73)61-54-18-11-10-17-53(54)59(39-58(61)83)96-72(93)82-33-31-81(3)32-34-82/h4-11,13-18,20-29,37-39,43,46,56,62,78H,12,19,30-36,40-42H2,1-3H3,(H,76,87)(H,77,86)(H,79,88)(H,80,85)(H3,74,75,92)/t46-,56+,62?/m1/s1. The minimum Gasteiger partial charge on any atom is -0.491 e. The number of nitrogens with zero attached hydrogens (tertiary/aromatic N) is 4. The number of alkyl halides is 1. The number of nitrogens with one attached hydrogen (secondary N) is 6. The van der Waals surface area contributed by atoms with E-state index in [2.05, 4.69) is 36.5 Å². The number of carbonyl (C=O) groups is 9. The van der Waals surface area contributed by atoms with E-state index in [1.165, 1.54) is 47.8 Å². The molecule has 10 amide bonds. The van der Waals surface area contributed by atoms with Crippen LogP contribution in [-0.4, -0.2) is 152 Å². The van der Waals surface area contributed by atoms with Gasteiger partial charge in [0.15, 0.2) is 0 Å². The van der Waals surface area contributed by atoms with Crippen molar-refractivity contribution in [2.45, 2.75) is 54.5 Å². The lowest BCUT2D eigenvalue weighted by atomic mass is 9.95. The summed E-state index contributed by atoms with van der Waals surface area (Å²) in [6.45, 7) is 5.98. The van der Waals surface area contributed by atoms with Gasteiger partial charge in [0, 0.05) is 100 Å². The van der Waals surface area contributed by atoms with Gasteiger partial charge >= 0.3 is 12.1 Å². The Bertz CT molecular complexity index is 4280. The van der Waals surface area contributed by atoms with Crippen molar-refractivity contribution in [2.75, 3.05) is 92.5 Å². The summed E-state index contributed by atoms with van der Waals surface area (Å²) in [6, 6.07) is 44.6. The fourth-order valence-corrected chi connectivity index (χ4v) is 13.8. The number of benzene rings is 7. The molecule has 0 saturated carbocycles. The predicted octanol–water partition coefficient (Wildman–Crippen LogP) is 10.1. The minimum atomic E-state index is -1.15. The van der Waals surface area contributed by atoms with Crippen LogP contribution in [-0.2, 0) is 28.7 Å². The summed E-state index contributed by atoms with van der Waals surface area (Å²) < 4.78 is 17.5. The van der Waals surface area contributed by atoms with Gasteiger partial charge in [-0.25, -0.2) is 14.5 Å². The summed E-state index contributed by atoms with van der Waals surface area (Å²) in [5.74, 6) is -3.13. The Balaban J connectivity index is 0.662. The fourth-order valence-electron chi connectivity index (χ4n) is 11.6. The molecule has 8 N–H and O–H groups in total. The lowest BCUT2D eigenvalue weighted by Crippen LogP contribution is -2.55. The van der Waals surface area contributed by atoms with E-state index in [9.17, 15) is 43.2 Å². The maximum absolute atomic E-state index is 14.5. The molecule has 26 heteroatoms. The van der Waals surface area contributed by atoms with E-state index in [0.29, 0.717) is 80.3 Å². The van der Waals surface area contributed by atoms with Crippen molar-refractivity contribution in [2.24, 2.45) is 11.7 Å². The average molecular weight is 1380 g/mol. The lowest BCUT2D eigenvalue weighted by Gasteiger charge is -2.31.